The van der Waals surface area contributed by atoms with Crippen LogP contribution in [0.15, 0.2) is 18.2 Å². The molecule has 1 aromatic rings. The second kappa shape index (κ2) is 7.04. The molecule has 0 spiro atoms. The van der Waals surface area contributed by atoms with E-state index in [0.717, 1.165) is 31.4 Å². The Kier molecular flexibility index (Phi) is 5.38. The summed E-state index contributed by atoms with van der Waals surface area (Å²) in [6, 6.07) is 5.24. The van der Waals surface area contributed by atoms with Gasteiger partial charge in [0.05, 0.1) is 5.02 Å². The monoisotopic (exact) mass is 298 g/mol. The molecule has 0 aromatic heterocycles. The number of hydrogen-bond donors (Lipinski definition) is 2. The fourth-order valence-electron chi connectivity index (χ4n) is 1.99. The summed E-state index contributed by atoms with van der Waals surface area (Å²) >= 11 is 5.76. The van der Waals surface area contributed by atoms with Crippen LogP contribution in [0.1, 0.15) is 44.2 Å². The predicted molar refractivity (Wildman–Crippen MR) is 78.2 cm³/mol. The van der Waals surface area contributed by atoms with Gasteiger partial charge in [-0.05, 0) is 50.4 Å². The van der Waals surface area contributed by atoms with Crippen molar-refractivity contribution in [2.24, 2.45) is 0 Å². The Balaban J connectivity index is 1.67. The van der Waals surface area contributed by atoms with Crippen molar-refractivity contribution in [1.82, 2.24) is 10.6 Å². The van der Waals surface area contributed by atoms with E-state index in [1.165, 1.54) is 6.07 Å². The minimum atomic E-state index is -0.403. The molecule has 0 aliphatic heterocycles. The van der Waals surface area contributed by atoms with Crippen LogP contribution in [-0.2, 0) is 4.79 Å². The summed E-state index contributed by atoms with van der Waals surface area (Å²) in [7, 11) is 0. The lowest BCUT2D eigenvalue weighted by atomic mass is 10.1. The fourth-order valence-corrected chi connectivity index (χ4v) is 2.18. The Morgan fingerprint density at radius 1 is 1.50 bits per heavy atom. The molecule has 0 heterocycles. The van der Waals surface area contributed by atoms with E-state index in [1.807, 2.05) is 6.92 Å². The van der Waals surface area contributed by atoms with E-state index in [0.29, 0.717) is 12.5 Å². The van der Waals surface area contributed by atoms with E-state index in [2.05, 4.69) is 10.6 Å². The van der Waals surface area contributed by atoms with Crippen molar-refractivity contribution in [3.63, 3.8) is 0 Å². The van der Waals surface area contributed by atoms with Gasteiger partial charge in [0, 0.05) is 18.5 Å². The summed E-state index contributed by atoms with van der Waals surface area (Å²) in [6.45, 7) is 2.74. The summed E-state index contributed by atoms with van der Waals surface area (Å²) in [5.74, 6) is -0.272. The van der Waals surface area contributed by atoms with Gasteiger partial charge in [0.25, 0.3) is 0 Å². The average Bonchev–Trinajstić information content (AvgIpc) is 3.21. The Labute approximate surface area is 123 Å². The van der Waals surface area contributed by atoms with Crippen molar-refractivity contribution in [3.05, 3.63) is 34.6 Å². The molecule has 1 unspecified atom stereocenters. The average molecular weight is 299 g/mol. The van der Waals surface area contributed by atoms with Crippen molar-refractivity contribution in [1.29, 1.82) is 0 Å². The zero-order valence-corrected chi connectivity index (χ0v) is 12.3. The van der Waals surface area contributed by atoms with E-state index in [1.54, 1.807) is 12.1 Å². The molecule has 5 heteroatoms. The minimum Gasteiger partial charge on any atom is -0.353 e. The Morgan fingerprint density at radius 2 is 2.25 bits per heavy atom. The molecule has 1 amide bonds. The van der Waals surface area contributed by atoms with Crippen molar-refractivity contribution >= 4 is 17.5 Å². The first-order valence-corrected chi connectivity index (χ1v) is 7.42. The second-order valence-electron chi connectivity index (χ2n) is 5.29. The molecule has 1 saturated carbocycles. The van der Waals surface area contributed by atoms with E-state index in [4.69, 9.17) is 11.6 Å². The lowest BCUT2D eigenvalue weighted by Crippen LogP contribution is -2.27. The SMILES string of the molecule is CC(NCCCC(=O)NC1CC1)c1ccc(F)c(Cl)c1. The van der Waals surface area contributed by atoms with Gasteiger partial charge in [-0.2, -0.15) is 0 Å². The zero-order valence-electron chi connectivity index (χ0n) is 11.6. The van der Waals surface area contributed by atoms with Crippen molar-refractivity contribution in [2.75, 3.05) is 6.54 Å². The fraction of sp³-hybridized carbons (Fsp3) is 0.533. The molecule has 2 N–H and O–H groups in total. The predicted octanol–water partition coefficient (Wildman–Crippen LogP) is 3.19. The van der Waals surface area contributed by atoms with E-state index in [9.17, 15) is 9.18 Å². The molecule has 1 fully saturated rings. The van der Waals surface area contributed by atoms with Gasteiger partial charge in [0.2, 0.25) is 5.91 Å². The van der Waals surface area contributed by atoms with Crippen molar-refractivity contribution < 1.29 is 9.18 Å². The van der Waals surface area contributed by atoms with Gasteiger partial charge in [-0.3, -0.25) is 4.79 Å². The molecule has 1 aromatic carbocycles. The Hall–Kier alpha value is -1.13. The highest BCUT2D eigenvalue weighted by molar-refractivity contribution is 6.30. The summed E-state index contributed by atoms with van der Waals surface area (Å²) in [4.78, 5) is 11.5. The van der Waals surface area contributed by atoms with Crippen molar-refractivity contribution in [3.8, 4) is 0 Å². The molecule has 2 rings (SSSR count). The van der Waals surface area contributed by atoms with E-state index < -0.39 is 5.82 Å². The Bertz CT molecular complexity index is 477. The first-order valence-electron chi connectivity index (χ1n) is 7.04. The molecule has 0 radical (unpaired) electrons. The van der Waals surface area contributed by atoms with Gasteiger partial charge in [-0.15, -0.1) is 0 Å². The quantitative estimate of drug-likeness (QED) is 0.759. The third-order valence-electron chi connectivity index (χ3n) is 3.42. The van der Waals surface area contributed by atoms with Crippen LogP contribution in [0.4, 0.5) is 4.39 Å². The normalized spacial score (nSPS) is 15.9. The molecule has 0 bridgehead atoms. The molecule has 3 nitrogen and oxygen atoms in total. The number of carbonyl (C=O) groups is 1. The van der Waals surface area contributed by atoms with Crippen LogP contribution in [0.25, 0.3) is 0 Å². The summed E-state index contributed by atoms with van der Waals surface area (Å²) in [6.07, 6.45) is 3.57. The number of benzene rings is 1. The lowest BCUT2D eigenvalue weighted by molar-refractivity contribution is -0.121. The van der Waals surface area contributed by atoms with Crippen molar-refractivity contribution in [2.45, 2.75) is 44.7 Å². The van der Waals surface area contributed by atoms with Gasteiger partial charge >= 0.3 is 0 Å². The van der Waals surface area contributed by atoms with Gasteiger partial charge in [-0.1, -0.05) is 17.7 Å². The molecule has 20 heavy (non-hydrogen) atoms. The first kappa shape index (κ1) is 15.3. The van der Waals surface area contributed by atoms with Crippen LogP contribution in [0.5, 0.6) is 0 Å². The maximum absolute atomic E-state index is 13.1. The summed E-state index contributed by atoms with van der Waals surface area (Å²) in [5, 5.41) is 6.41. The van der Waals surface area contributed by atoms with Crippen LogP contribution in [0.3, 0.4) is 0 Å². The van der Waals surface area contributed by atoms with Gasteiger partial charge in [0.1, 0.15) is 5.82 Å². The third kappa shape index (κ3) is 4.76. The van der Waals surface area contributed by atoms with E-state index in [-0.39, 0.29) is 17.0 Å². The lowest BCUT2D eigenvalue weighted by Gasteiger charge is -2.14. The molecule has 110 valence electrons. The maximum atomic E-state index is 13.1. The highest BCUT2D eigenvalue weighted by atomic mass is 35.5. The first-order chi connectivity index (χ1) is 9.56. The zero-order chi connectivity index (χ0) is 14.5. The topological polar surface area (TPSA) is 41.1 Å². The number of hydrogen-bond acceptors (Lipinski definition) is 2. The molecular weight excluding hydrogens is 279 g/mol. The second-order valence-corrected chi connectivity index (χ2v) is 5.70. The third-order valence-corrected chi connectivity index (χ3v) is 3.71. The molecular formula is C15H20ClFN2O. The number of halogens is 2. The number of nitrogens with one attached hydrogen (secondary N) is 2. The largest absolute Gasteiger partial charge is 0.353 e. The smallest absolute Gasteiger partial charge is 0.220 e. The van der Waals surface area contributed by atoms with Crippen LogP contribution in [-0.4, -0.2) is 18.5 Å². The van der Waals surface area contributed by atoms with Crippen LogP contribution in [0, 0.1) is 5.82 Å². The standard InChI is InChI=1S/C15H20ClFN2O/c1-10(11-4-7-14(17)13(16)9-11)18-8-2-3-15(20)19-12-5-6-12/h4,7,9-10,12,18H,2-3,5-6,8H2,1H3,(H,19,20). The van der Waals surface area contributed by atoms with Gasteiger partial charge < -0.3 is 10.6 Å². The summed E-state index contributed by atoms with van der Waals surface area (Å²) < 4.78 is 13.1. The van der Waals surface area contributed by atoms with Gasteiger partial charge in [0.15, 0.2) is 0 Å². The molecule has 1 aliphatic carbocycles. The summed E-state index contributed by atoms with van der Waals surface area (Å²) in [5.41, 5.74) is 0.943. The molecule has 1 aliphatic rings. The molecule has 1 atom stereocenters. The number of rotatable bonds is 7. The van der Waals surface area contributed by atoms with E-state index >= 15 is 0 Å². The molecule has 0 saturated heterocycles. The van der Waals surface area contributed by atoms with Crippen LogP contribution < -0.4 is 10.6 Å². The Morgan fingerprint density at radius 3 is 2.90 bits per heavy atom. The number of amides is 1. The highest BCUT2D eigenvalue weighted by Gasteiger charge is 2.22. The van der Waals surface area contributed by atoms with Crippen LogP contribution >= 0.6 is 11.6 Å². The van der Waals surface area contributed by atoms with Crippen LogP contribution in [0.2, 0.25) is 5.02 Å². The minimum absolute atomic E-state index is 0.0830. The number of carbonyl (C=O) groups excluding carboxylic acids is 1. The maximum Gasteiger partial charge on any atom is 0.220 e. The highest BCUT2D eigenvalue weighted by Crippen LogP contribution is 2.21. The van der Waals surface area contributed by atoms with Gasteiger partial charge in [-0.25, -0.2) is 4.39 Å².